The van der Waals surface area contributed by atoms with Crippen LogP contribution in [0.25, 0.3) is 6.08 Å². The zero-order valence-electron chi connectivity index (χ0n) is 16.3. The predicted octanol–water partition coefficient (Wildman–Crippen LogP) is 4.68. The van der Waals surface area contributed by atoms with Crippen LogP contribution in [0.1, 0.15) is 41.1 Å². The van der Waals surface area contributed by atoms with Crippen LogP contribution in [0.5, 0.6) is 0 Å². The molecule has 0 radical (unpaired) electrons. The van der Waals surface area contributed by atoms with E-state index < -0.39 is 17.8 Å². The van der Waals surface area contributed by atoms with Gasteiger partial charge in [-0.2, -0.15) is 13.2 Å². The highest BCUT2D eigenvalue weighted by Crippen LogP contribution is 2.41. The third-order valence-electron chi connectivity index (χ3n) is 6.03. The van der Waals surface area contributed by atoms with Crippen molar-refractivity contribution < 1.29 is 18.0 Å². The van der Waals surface area contributed by atoms with Gasteiger partial charge in [-0.05, 0) is 54.8 Å². The van der Waals surface area contributed by atoms with Crippen LogP contribution in [0.4, 0.5) is 13.2 Å². The molecule has 0 bridgehead atoms. The maximum absolute atomic E-state index is 13.2. The zero-order chi connectivity index (χ0) is 20.5. The number of hydrogen-bond donors (Lipinski definition) is 2. The zero-order valence-corrected chi connectivity index (χ0v) is 17.2. The van der Waals surface area contributed by atoms with Gasteiger partial charge in [0.1, 0.15) is 0 Å². The van der Waals surface area contributed by atoms with Gasteiger partial charge in [0.15, 0.2) is 5.78 Å². The third kappa shape index (κ3) is 4.31. The highest BCUT2D eigenvalue weighted by molar-refractivity contribution is 5.99. The Balaban J connectivity index is 0.00000256. The number of carbonyl (C=O) groups excluding carboxylic acids is 1. The average molecular weight is 437 g/mol. The number of alkyl halides is 3. The van der Waals surface area contributed by atoms with E-state index in [1.54, 1.807) is 0 Å². The fraction of sp³-hybridized carbons (Fsp3) is 0.348. The molecular weight excluding hydrogens is 413 g/mol. The van der Waals surface area contributed by atoms with Crippen LogP contribution >= 0.6 is 12.4 Å². The van der Waals surface area contributed by atoms with Crippen molar-refractivity contribution in [2.45, 2.75) is 30.5 Å². The second kappa shape index (κ2) is 8.92. The number of fused-ring (bicyclic) bond motifs is 2. The number of rotatable bonds is 3. The Labute approximate surface area is 180 Å². The van der Waals surface area contributed by atoms with Gasteiger partial charge < -0.3 is 10.6 Å². The Morgan fingerprint density at radius 3 is 2.43 bits per heavy atom. The van der Waals surface area contributed by atoms with E-state index in [9.17, 15) is 18.0 Å². The first-order valence-corrected chi connectivity index (χ1v) is 9.82. The van der Waals surface area contributed by atoms with E-state index in [4.69, 9.17) is 0 Å². The molecule has 4 rings (SSSR count). The number of benzene rings is 2. The fourth-order valence-corrected chi connectivity index (χ4v) is 4.51. The van der Waals surface area contributed by atoms with Gasteiger partial charge in [0.25, 0.3) is 0 Å². The summed E-state index contributed by atoms with van der Waals surface area (Å²) in [6, 6.07) is 12.7. The maximum Gasteiger partial charge on any atom is 0.416 e. The smallest absolute Gasteiger partial charge is 0.317 e. The maximum atomic E-state index is 13.2. The largest absolute Gasteiger partial charge is 0.416 e. The summed E-state index contributed by atoms with van der Waals surface area (Å²) in [6.07, 6.45) is 0.0598. The van der Waals surface area contributed by atoms with Crippen molar-refractivity contribution in [2.24, 2.45) is 0 Å². The molecule has 2 N–H and O–H groups in total. The normalized spacial score (nSPS) is 20.6. The number of carbonyl (C=O) groups is 1. The van der Waals surface area contributed by atoms with Crippen molar-refractivity contribution in [1.29, 1.82) is 0 Å². The van der Waals surface area contributed by atoms with Crippen molar-refractivity contribution >= 4 is 24.3 Å². The monoisotopic (exact) mass is 436 g/mol. The number of hydrogen-bond acceptors (Lipinski definition) is 3. The highest BCUT2D eigenvalue weighted by Gasteiger charge is 2.41. The van der Waals surface area contributed by atoms with E-state index in [0.29, 0.717) is 6.54 Å². The Morgan fingerprint density at radius 1 is 1.03 bits per heavy atom. The van der Waals surface area contributed by atoms with E-state index >= 15 is 0 Å². The SMILES string of the molecule is Cl.O=C(/C=C/c1ccccc1C(F)(F)F)C1NCC2(CCNCC2)c2ccccc21. The van der Waals surface area contributed by atoms with Gasteiger partial charge in [-0.3, -0.25) is 4.79 Å². The average Bonchev–Trinajstić information content (AvgIpc) is 2.73. The molecule has 2 heterocycles. The van der Waals surface area contributed by atoms with Crippen molar-refractivity contribution in [3.05, 3.63) is 76.9 Å². The van der Waals surface area contributed by atoms with Crippen LogP contribution in [0.15, 0.2) is 54.6 Å². The topological polar surface area (TPSA) is 41.1 Å². The van der Waals surface area contributed by atoms with Crippen LogP contribution in [-0.2, 0) is 16.4 Å². The van der Waals surface area contributed by atoms with Crippen molar-refractivity contribution in [2.75, 3.05) is 19.6 Å². The van der Waals surface area contributed by atoms with Crippen LogP contribution in [0.2, 0.25) is 0 Å². The minimum atomic E-state index is -4.46. The first-order chi connectivity index (χ1) is 13.9. The van der Waals surface area contributed by atoms with Crippen LogP contribution in [0, 0.1) is 0 Å². The van der Waals surface area contributed by atoms with Gasteiger partial charge in [0, 0.05) is 12.0 Å². The predicted molar refractivity (Wildman–Crippen MR) is 114 cm³/mol. The molecule has 1 atom stereocenters. The molecule has 3 nitrogen and oxygen atoms in total. The Morgan fingerprint density at radius 2 is 1.70 bits per heavy atom. The standard InChI is InChI=1S/C23H23F3N2O.ClH/c24-23(25,26)18-7-3-1-5-16(18)9-10-20(29)21-17-6-2-4-8-19(17)22(15-28-21)11-13-27-14-12-22;/h1-10,21,27-28H,11-15H2;1H/b10-9+;. The molecule has 2 aliphatic heterocycles. The van der Waals surface area contributed by atoms with Crippen molar-refractivity contribution in [3.8, 4) is 0 Å². The van der Waals surface area contributed by atoms with E-state index in [1.807, 2.05) is 18.2 Å². The van der Waals surface area contributed by atoms with Gasteiger partial charge >= 0.3 is 6.18 Å². The summed E-state index contributed by atoms with van der Waals surface area (Å²) in [5.41, 5.74) is 1.37. The van der Waals surface area contributed by atoms with Crippen LogP contribution < -0.4 is 10.6 Å². The molecule has 0 aliphatic carbocycles. The van der Waals surface area contributed by atoms with Crippen molar-refractivity contribution in [3.63, 3.8) is 0 Å². The molecule has 0 aromatic heterocycles. The molecule has 2 aromatic rings. The molecule has 1 saturated heterocycles. The molecule has 1 spiro atoms. The quantitative estimate of drug-likeness (QED) is 0.687. The number of piperidine rings is 1. The summed E-state index contributed by atoms with van der Waals surface area (Å²) < 4.78 is 39.6. The molecule has 2 aliphatic rings. The summed E-state index contributed by atoms with van der Waals surface area (Å²) in [5, 5.41) is 6.75. The minimum absolute atomic E-state index is 0. The summed E-state index contributed by atoms with van der Waals surface area (Å²) in [5.74, 6) is -0.238. The molecule has 2 aromatic carbocycles. The molecule has 160 valence electrons. The first-order valence-electron chi connectivity index (χ1n) is 9.82. The second-order valence-electron chi connectivity index (χ2n) is 7.75. The van der Waals surface area contributed by atoms with E-state index in [0.717, 1.165) is 37.6 Å². The Bertz CT molecular complexity index is 936. The second-order valence-corrected chi connectivity index (χ2v) is 7.75. The van der Waals surface area contributed by atoms with Gasteiger partial charge in [0.05, 0.1) is 11.6 Å². The molecule has 1 fully saturated rings. The number of ketones is 1. The van der Waals surface area contributed by atoms with Gasteiger partial charge in [-0.15, -0.1) is 12.4 Å². The molecule has 0 saturated carbocycles. The number of nitrogens with one attached hydrogen (secondary N) is 2. The van der Waals surface area contributed by atoms with Crippen molar-refractivity contribution in [1.82, 2.24) is 10.6 Å². The first kappa shape index (κ1) is 22.5. The Hall–Kier alpha value is -2.15. The highest BCUT2D eigenvalue weighted by atomic mass is 35.5. The van der Waals surface area contributed by atoms with E-state index in [-0.39, 0.29) is 29.2 Å². The van der Waals surface area contributed by atoms with Gasteiger partial charge in [-0.25, -0.2) is 0 Å². The van der Waals surface area contributed by atoms with Gasteiger partial charge in [-0.1, -0.05) is 48.5 Å². The van der Waals surface area contributed by atoms with E-state index in [2.05, 4.69) is 16.7 Å². The summed E-state index contributed by atoms with van der Waals surface area (Å²) in [7, 11) is 0. The van der Waals surface area contributed by atoms with Gasteiger partial charge in [0.2, 0.25) is 0 Å². The lowest BCUT2D eigenvalue weighted by atomic mass is 9.68. The lowest BCUT2D eigenvalue weighted by Crippen LogP contribution is -2.52. The fourth-order valence-electron chi connectivity index (χ4n) is 4.51. The molecule has 0 amide bonds. The molecular formula is C23H24ClF3N2O. The van der Waals surface area contributed by atoms with Crippen LogP contribution in [0.3, 0.4) is 0 Å². The summed E-state index contributed by atoms with van der Waals surface area (Å²) in [4.78, 5) is 12.9. The minimum Gasteiger partial charge on any atom is -0.317 e. The van der Waals surface area contributed by atoms with Crippen LogP contribution in [-0.4, -0.2) is 25.4 Å². The number of halogens is 4. The molecule has 30 heavy (non-hydrogen) atoms. The lowest BCUT2D eigenvalue weighted by Gasteiger charge is -2.44. The lowest BCUT2D eigenvalue weighted by molar-refractivity contribution is -0.137. The summed E-state index contributed by atoms with van der Waals surface area (Å²) in [6.45, 7) is 2.56. The molecule has 7 heteroatoms. The van der Waals surface area contributed by atoms with E-state index in [1.165, 1.54) is 35.9 Å². The Kier molecular flexibility index (Phi) is 6.70. The summed E-state index contributed by atoms with van der Waals surface area (Å²) >= 11 is 0. The molecule has 1 unspecified atom stereocenters. The third-order valence-corrected chi connectivity index (χ3v) is 6.03.